The van der Waals surface area contributed by atoms with Gasteiger partial charge in [-0.2, -0.15) is 40.2 Å². The van der Waals surface area contributed by atoms with Gasteiger partial charge < -0.3 is 9.84 Å². The second-order valence-electron chi connectivity index (χ2n) is 8.29. The van der Waals surface area contributed by atoms with Gasteiger partial charge in [-0.25, -0.2) is 0 Å². The minimum atomic E-state index is -6.31. The Bertz CT molecular complexity index is 1270. The van der Waals surface area contributed by atoms with Gasteiger partial charge in [-0.3, -0.25) is 4.68 Å². The number of nitrogens with one attached hydrogen (secondary N) is 1. The van der Waals surface area contributed by atoms with Gasteiger partial charge in [-0.1, -0.05) is 37.2 Å². The van der Waals surface area contributed by atoms with E-state index in [4.69, 9.17) is 16.1 Å². The third-order valence-electron chi connectivity index (χ3n) is 5.04. The molecule has 0 unspecified atom stereocenters. The monoisotopic (exact) mass is 542 g/mol. The molecule has 0 fully saturated rings. The molecule has 1 aromatic carbocycles. The van der Waals surface area contributed by atoms with E-state index >= 15 is 0 Å². The summed E-state index contributed by atoms with van der Waals surface area (Å²) in [5.74, 6) is -5.68. The van der Waals surface area contributed by atoms with Crippen LogP contribution < -0.4 is 5.32 Å². The van der Waals surface area contributed by atoms with Crippen LogP contribution in [-0.4, -0.2) is 27.7 Å². The highest BCUT2D eigenvalue weighted by molar-refractivity contribution is 6.32. The third kappa shape index (κ3) is 5.20. The normalized spacial score (nSPS) is 12.9. The number of hydrogen-bond donors (Lipinski definition) is 1. The molecule has 0 spiro atoms. The van der Waals surface area contributed by atoms with Crippen molar-refractivity contribution in [1.29, 1.82) is 0 Å². The summed E-state index contributed by atoms with van der Waals surface area (Å²) in [5.41, 5.74) is -5.31. The van der Waals surface area contributed by atoms with Crippen LogP contribution in [0.5, 0.6) is 0 Å². The minimum absolute atomic E-state index is 0.0990. The van der Waals surface area contributed by atoms with Crippen LogP contribution in [0.25, 0.3) is 28.4 Å². The molecule has 0 amide bonds. The molecule has 0 bridgehead atoms. The Kier molecular flexibility index (Phi) is 7.19. The van der Waals surface area contributed by atoms with Crippen LogP contribution in [0.15, 0.2) is 35.4 Å². The van der Waals surface area contributed by atoms with Gasteiger partial charge in [0.05, 0.1) is 0 Å². The summed E-state index contributed by atoms with van der Waals surface area (Å²) in [5, 5.41) is 9.74. The molecular formula is C22H19ClF8N4O. The largest absolute Gasteiger partial charge is 0.459 e. The first kappa shape index (κ1) is 27.5. The molecule has 1 N–H and O–H groups in total. The van der Waals surface area contributed by atoms with E-state index in [1.807, 2.05) is 13.8 Å². The van der Waals surface area contributed by atoms with E-state index in [1.165, 1.54) is 18.2 Å². The minimum Gasteiger partial charge on any atom is -0.385 e. The maximum absolute atomic E-state index is 13.9. The van der Waals surface area contributed by atoms with E-state index in [1.54, 1.807) is 0 Å². The number of aromatic nitrogens is 3. The lowest BCUT2D eigenvalue weighted by molar-refractivity contribution is -0.292. The van der Waals surface area contributed by atoms with E-state index in [2.05, 4.69) is 22.2 Å². The van der Waals surface area contributed by atoms with E-state index in [0.29, 0.717) is 22.8 Å². The Balaban J connectivity index is 2.10. The van der Waals surface area contributed by atoms with Crippen molar-refractivity contribution in [3.8, 4) is 22.7 Å². The number of hydrogen-bond acceptors (Lipinski definition) is 4. The van der Waals surface area contributed by atoms with Crippen molar-refractivity contribution in [3.05, 3.63) is 52.7 Å². The first-order chi connectivity index (χ1) is 16.4. The quantitative estimate of drug-likeness (QED) is 0.319. The molecule has 196 valence electrons. The number of halogens is 9. The van der Waals surface area contributed by atoms with Crippen LogP contribution in [0, 0.1) is 5.92 Å². The average molecular weight is 543 g/mol. The van der Waals surface area contributed by atoms with Crippen molar-refractivity contribution in [3.63, 3.8) is 0 Å². The van der Waals surface area contributed by atoms with Crippen molar-refractivity contribution < 1.29 is 39.6 Å². The lowest BCUT2D eigenvalue weighted by Crippen LogP contribution is -2.36. The van der Waals surface area contributed by atoms with E-state index in [0.717, 1.165) is 13.1 Å². The van der Waals surface area contributed by atoms with Gasteiger partial charge in [-0.05, 0) is 24.1 Å². The first-order valence-corrected chi connectivity index (χ1v) is 10.6. The predicted octanol–water partition coefficient (Wildman–Crippen LogP) is 7.28. The molecule has 0 saturated carbocycles. The van der Waals surface area contributed by atoms with Crippen LogP contribution in [0.2, 0.25) is 5.02 Å². The number of alkyl halides is 8. The topological polar surface area (TPSA) is 55.9 Å². The molecule has 0 radical (unpaired) electrons. The number of benzene rings is 1. The van der Waals surface area contributed by atoms with Gasteiger partial charge in [0.1, 0.15) is 17.0 Å². The molecular weight excluding hydrogens is 524 g/mol. The Morgan fingerprint density at radius 1 is 1.11 bits per heavy atom. The fraction of sp³-hybridized carbons (Fsp3) is 0.364. The maximum atomic E-state index is 13.9. The highest BCUT2D eigenvalue weighted by Crippen LogP contribution is 2.50. The zero-order chi connectivity index (χ0) is 27.2. The molecule has 2 aromatic heterocycles. The highest BCUT2D eigenvalue weighted by Gasteiger charge is 2.64. The number of aryl methyl sites for hydroxylation is 1. The summed E-state index contributed by atoms with van der Waals surface area (Å²) in [4.78, 5) is 0. The molecule has 14 heteroatoms. The van der Waals surface area contributed by atoms with Crippen LogP contribution in [0.3, 0.4) is 0 Å². The van der Waals surface area contributed by atoms with Crippen LogP contribution in [0.1, 0.15) is 30.7 Å². The van der Waals surface area contributed by atoms with Crippen LogP contribution in [0.4, 0.5) is 35.1 Å². The van der Waals surface area contributed by atoms with Gasteiger partial charge in [-0.15, -0.1) is 0 Å². The van der Waals surface area contributed by atoms with Gasteiger partial charge in [0.15, 0.2) is 11.5 Å². The Labute approximate surface area is 204 Å². The summed E-state index contributed by atoms with van der Waals surface area (Å²) in [6, 6.07) is 5.42. The maximum Gasteiger partial charge on any atom is 0.459 e. The Morgan fingerprint density at radius 3 is 2.31 bits per heavy atom. The molecule has 5 nitrogen and oxygen atoms in total. The van der Waals surface area contributed by atoms with Crippen LogP contribution in [-0.2, 0) is 19.1 Å². The van der Waals surface area contributed by atoms with Crippen molar-refractivity contribution in [2.45, 2.75) is 32.1 Å². The molecule has 0 aliphatic rings. The van der Waals surface area contributed by atoms with Gasteiger partial charge >= 0.3 is 18.3 Å². The molecule has 0 saturated heterocycles. The van der Waals surface area contributed by atoms with Crippen molar-refractivity contribution in [2.24, 2.45) is 13.0 Å². The fourth-order valence-electron chi connectivity index (χ4n) is 3.30. The molecule has 0 atom stereocenters. The second kappa shape index (κ2) is 9.41. The molecule has 0 aliphatic carbocycles. The molecule has 0 aliphatic heterocycles. The smallest absolute Gasteiger partial charge is 0.385 e. The zero-order valence-electron chi connectivity index (χ0n) is 19.0. The first-order valence-electron chi connectivity index (χ1n) is 10.2. The lowest BCUT2D eigenvalue weighted by Gasteiger charge is -2.19. The number of nitrogens with zero attached hydrogens (tertiary/aromatic N) is 3. The molecule has 3 rings (SSSR count). The van der Waals surface area contributed by atoms with Crippen molar-refractivity contribution >= 4 is 17.3 Å². The number of rotatable bonds is 7. The predicted molar refractivity (Wildman–Crippen MR) is 116 cm³/mol. The summed E-state index contributed by atoms with van der Waals surface area (Å²) >= 11 is 6.22. The van der Waals surface area contributed by atoms with E-state index < -0.39 is 40.9 Å². The summed E-state index contributed by atoms with van der Waals surface area (Å²) in [6.07, 6.45) is -11.9. The Morgan fingerprint density at radius 2 is 1.75 bits per heavy atom. The van der Waals surface area contributed by atoms with E-state index in [9.17, 15) is 35.1 Å². The Hall–Kier alpha value is -3.09. The van der Waals surface area contributed by atoms with E-state index in [-0.39, 0.29) is 21.9 Å². The van der Waals surface area contributed by atoms with Gasteiger partial charge in [0, 0.05) is 41.5 Å². The third-order valence-corrected chi connectivity index (χ3v) is 5.37. The van der Waals surface area contributed by atoms with Crippen molar-refractivity contribution in [2.75, 3.05) is 6.54 Å². The molecule has 2 heterocycles. The fourth-order valence-corrected chi connectivity index (χ4v) is 3.53. The standard InChI is InChI=1S/C22H19ClF8N4O/c1-10(2)9-32-11(3)13-7-12(5-6-14(13)23)16-8-15(34-36-16)18-17(21(26,27)28)19(33-35(18)4)20(24,25)22(29,30)31/h5-8,10,32H,3,9H2,1-2,4H3. The molecule has 3 aromatic rings. The summed E-state index contributed by atoms with van der Waals surface area (Å²) in [6.45, 7) is 8.42. The lowest BCUT2D eigenvalue weighted by atomic mass is 10.0. The molecule has 36 heavy (non-hydrogen) atoms. The van der Waals surface area contributed by atoms with Crippen LogP contribution >= 0.6 is 11.6 Å². The van der Waals surface area contributed by atoms with Crippen molar-refractivity contribution in [1.82, 2.24) is 20.3 Å². The average Bonchev–Trinajstić information content (AvgIpc) is 3.36. The second-order valence-corrected chi connectivity index (χ2v) is 8.70. The summed E-state index contributed by atoms with van der Waals surface area (Å²) in [7, 11) is 0.791. The summed E-state index contributed by atoms with van der Waals surface area (Å²) < 4.78 is 113. The zero-order valence-corrected chi connectivity index (χ0v) is 19.7. The van der Waals surface area contributed by atoms with Gasteiger partial charge in [0.25, 0.3) is 0 Å². The SMILES string of the molecule is C=C(NCC(C)C)c1cc(-c2cc(-c3c(C(F)(F)F)c(C(F)(F)C(F)(F)F)nn3C)no2)ccc1Cl. The van der Waals surface area contributed by atoms with Gasteiger partial charge in [0.2, 0.25) is 0 Å². The highest BCUT2D eigenvalue weighted by atomic mass is 35.5.